The molecule has 0 heterocycles. The van der Waals surface area contributed by atoms with Crippen molar-refractivity contribution in [2.24, 2.45) is 0 Å². The van der Waals surface area contributed by atoms with Gasteiger partial charge in [0, 0.05) is 28.7 Å². The number of aryl methyl sites for hydroxylation is 1. The summed E-state index contributed by atoms with van der Waals surface area (Å²) in [7, 11) is 0. The first-order chi connectivity index (χ1) is 17.8. The molecule has 1 unspecified atom stereocenters. The SMILES string of the molecule is CC(C)(C)NC(=O)c1cc2ccccc2cc1CCC(O)Cc1ccccc1C(=O)N(CCO)C(C)(C)C. The first-order valence-corrected chi connectivity index (χ1v) is 13.3. The lowest BCUT2D eigenvalue weighted by molar-refractivity contribution is 0.0525. The normalized spacial score (nSPS) is 12.8. The Labute approximate surface area is 226 Å². The molecular weight excluding hydrogens is 476 g/mol. The van der Waals surface area contributed by atoms with Crippen molar-refractivity contribution in [2.45, 2.75) is 78.0 Å². The molecule has 0 aliphatic carbocycles. The van der Waals surface area contributed by atoms with E-state index in [-0.39, 0.29) is 30.5 Å². The van der Waals surface area contributed by atoms with Crippen molar-refractivity contribution in [2.75, 3.05) is 13.2 Å². The van der Waals surface area contributed by atoms with E-state index in [1.807, 2.05) is 96.1 Å². The summed E-state index contributed by atoms with van der Waals surface area (Å²) in [6.45, 7) is 11.8. The zero-order chi connectivity index (χ0) is 28.1. The van der Waals surface area contributed by atoms with Crippen LogP contribution < -0.4 is 5.32 Å². The topological polar surface area (TPSA) is 89.9 Å². The quantitative estimate of drug-likeness (QED) is 0.366. The summed E-state index contributed by atoms with van der Waals surface area (Å²) in [5.74, 6) is -0.292. The summed E-state index contributed by atoms with van der Waals surface area (Å²) in [5, 5.41) is 25.7. The number of benzene rings is 3. The largest absolute Gasteiger partial charge is 0.395 e. The van der Waals surface area contributed by atoms with Gasteiger partial charge in [-0.05, 0) is 94.8 Å². The molecule has 0 saturated heterocycles. The molecule has 2 amide bonds. The number of carbonyl (C=O) groups excluding carboxylic acids is 2. The Balaban J connectivity index is 1.82. The van der Waals surface area contributed by atoms with E-state index in [9.17, 15) is 19.8 Å². The first kappa shape index (κ1) is 29.3. The highest BCUT2D eigenvalue weighted by atomic mass is 16.3. The molecule has 0 aromatic heterocycles. The summed E-state index contributed by atoms with van der Waals surface area (Å²) >= 11 is 0. The fourth-order valence-electron chi connectivity index (χ4n) is 4.69. The van der Waals surface area contributed by atoms with Gasteiger partial charge in [0.25, 0.3) is 11.8 Å². The summed E-state index contributed by atoms with van der Waals surface area (Å²) < 4.78 is 0. The number of fused-ring (bicyclic) bond motifs is 1. The zero-order valence-corrected chi connectivity index (χ0v) is 23.5. The van der Waals surface area contributed by atoms with Gasteiger partial charge in [-0.15, -0.1) is 0 Å². The lowest BCUT2D eigenvalue weighted by Gasteiger charge is -2.36. The molecular formula is C32H42N2O4. The highest BCUT2D eigenvalue weighted by molar-refractivity contribution is 6.00. The van der Waals surface area contributed by atoms with Gasteiger partial charge in [0.2, 0.25) is 0 Å². The molecule has 3 N–H and O–H groups in total. The monoisotopic (exact) mass is 518 g/mol. The maximum absolute atomic E-state index is 13.4. The minimum absolute atomic E-state index is 0.120. The molecule has 0 saturated carbocycles. The Morgan fingerprint density at radius 3 is 2.08 bits per heavy atom. The predicted octanol–water partition coefficient (Wildman–Crippen LogP) is 5.14. The van der Waals surface area contributed by atoms with Crippen LogP contribution >= 0.6 is 0 Å². The van der Waals surface area contributed by atoms with Gasteiger partial charge in [-0.3, -0.25) is 9.59 Å². The van der Waals surface area contributed by atoms with Gasteiger partial charge in [0.15, 0.2) is 0 Å². The number of rotatable bonds is 9. The van der Waals surface area contributed by atoms with E-state index in [1.165, 1.54) is 0 Å². The van der Waals surface area contributed by atoms with Gasteiger partial charge in [-0.2, -0.15) is 0 Å². The van der Waals surface area contributed by atoms with Crippen molar-refractivity contribution in [3.8, 4) is 0 Å². The van der Waals surface area contributed by atoms with E-state index < -0.39 is 11.6 Å². The molecule has 6 nitrogen and oxygen atoms in total. The van der Waals surface area contributed by atoms with Crippen LogP contribution in [-0.4, -0.2) is 57.3 Å². The van der Waals surface area contributed by atoms with Crippen LogP contribution in [0.2, 0.25) is 0 Å². The summed E-state index contributed by atoms with van der Waals surface area (Å²) in [6.07, 6.45) is 0.579. The Bertz CT molecular complexity index is 1270. The molecule has 0 aliphatic heterocycles. The Morgan fingerprint density at radius 1 is 0.868 bits per heavy atom. The average Bonchev–Trinajstić information content (AvgIpc) is 2.83. The van der Waals surface area contributed by atoms with Gasteiger partial charge < -0.3 is 20.4 Å². The second-order valence-corrected chi connectivity index (χ2v) is 12.0. The number of β-amino-alcohol motifs (C(OH)–C–C–N with tert-alkyl or cyclic N) is 1. The van der Waals surface area contributed by atoms with E-state index >= 15 is 0 Å². The third-order valence-corrected chi connectivity index (χ3v) is 6.53. The first-order valence-electron chi connectivity index (χ1n) is 13.3. The molecule has 3 aromatic carbocycles. The average molecular weight is 519 g/mol. The highest BCUT2D eigenvalue weighted by Gasteiger charge is 2.28. The fraction of sp³-hybridized carbons (Fsp3) is 0.438. The number of hydrogen-bond acceptors (Lipinski definition) is 4. The Hall–Kier alpha value is -3.22. The van der Waals surface area contributed by atoms with Crippen LogP contribution in [0.4, 0.5) is 0 Å². The molecule has 3 rings (SSSR count). The molecule has 1 atom stereocenters. The Kier molecular flexibility index (Phi) is 9.34. The number of carbonyl (C=O) groups is 2. The van der Waals surface area contributed by atoms with Crippen molar-refractivity contribution >= 4 is 22.6 Å². The van der Waals surface area contributed by atoms with Crippen LogP contribution in [0.5, 0.6) is 0 Å². The number of aliphatic hydroxyl groups excluding tert-OH is 2. The van der Waals surface area contributed by atoms with Crippen molar-refractivity contribution in [3.05, 3.63) is 82.9 Å². The second kappa shape index (κ2) is 12.1. The number of nitrogens with zero attached hydrogens (tertiary/aromatic N) is 1. The molecule has 6 heteroatoms. The maximum Gasteiger partial charge on any atom is 0.254 e. The minimum atomic E-state index is -0.699. The number of aliphatic hydroxyl groups is 2. The molecule has 0 spiro atoms. The number of hydrogen-bond donors (Lipinski definition) is 3. The third-order valence-electron chi connectivity index (χ3n) is 6.53. The minimum Gasteiger partial charge on any atom is -0.395 e. The molecule has 3 aromatic rings. The van der Waals surface area contributed by atoms with Gasteiger partial charge in [-0.1, -0.05) is 48.5 Å². The van der Waals surface area contributed by atoms with Gasteiger partial charge in [0.1, 0.15) is 0 Å². The van der Waals surface area contributed by atoms with Crippen LogP contribution in [0.1, 0.15) is 79.8 Å². The number of nitrogens with one attached hydrogen (secondary N) is 1. The molecule has 38 heavy (non-hydrogen) atoms. The molecule has 0 fully saturated rings. The molecule has 204 valence electrons. The molecule has 0 aliphatic rings. The lowest BCUT2D eigenvalue weighted by Crippen LogP contribution is -2.47. The number of amides is 2. The molecule has 0 bridgehead atoms. The van der Waals surface area contributed by atoms with Crippen LogP contribution in [0.15, 0.2) is 60.7 Å². The fourth-order valence-corrected chi connectivity index (χ4v) is 4.69. The highest BCUT2D eigenvalue weighted by Crippen LogP contribution is 2.24. The Morgan fingerprint density at radius 2 is 1.47 bits per heavy atom. The van der Waals surface area contributed by atoms with Crippen LogP contribution in [0.25, 0.3) is 10.8 Å². The second-order valence-electron chi connectivity index (χ2n) is 12.0. The van der Waals surface area contributed by atoms with Crippen molar-refractivity contribution in [1.82, 2.24) is 10.2 Å². The third kappa shape index (κ3) is 7.65. The van der Waals surface area contributed by atoms with Crippen LogP contribution in [0.3, 0.4) is 0 Å². The zero-order valence-electron chi connectivity index (χ0n) is 23.5. The van der Waals surface area contributed by atoms with Crippen molar-refractivity contribution in [1.29, 1.82) is 0 Å². The van der Waals surface area contributed by atoms with Crippen molar-refractivity contribution in [3.63, 3.8) is 0 Å². The summed E-state index contributed by atoms with van der Waals surface area (Å²) in [4.78, 5) is 28.2. The molecule has 0 radical (unpaired) electrons. The van der Waals surface area contributed by atoms with E-state index in [2.05, 4.69) is 5.32 Å². The van der Waals surface area contributed by atoms with Crippen LogP contribution in [0, 0.1) is 0 Å². The van der Waals surface area contributed by atoms with E-state index in [1.54, 1.807) is 11.0 Å². The lowest BCUT2D eigenvalue weighted by atomic mass is 9.93. The van der Waals surface area contributed by atoms with E-state index in [0.717, 1.165) is 21.9 Å². The van der Waals surface area contributed by atoms with Gasteiger partial charge >= 0.3 is 0 Å². The van der Waals surface area contributed by atoms with E-state index in [4.69, 9.17) is 0 Å². The smallest absolute Gasteiger partial charge is 0.254 e. The standard InChI is InChI=1S/C32H42N2O4/c1-31(2,3)33-29(37)28-21-23-12-8-7-11-22(23)19-25(28)15-16-26(36)20-24-13-9-10-14-27(24)30(38)34(17-18-35)32(4,5)6/h7-14,19,21,26,35-36H,15-18,20H2,1-6H3,(H,33,37). The summed E-state index contributed by atoms with van der Waals surface area (Å²) in [6, 6.07) is 19.2. The summed E-state index contributed by atoms with van der Waals surface area (Å²) in [5.41, 5.74) is 1.98. The van der Waals surface area contributed by atoms with E-state index in [0.29, 0.717) is 30.4 Å². The van der Waals surface area contributed by atoms with Crippen LogP contribution in [-0.2, 0) is 12.8 Å². The van der Waals surface area contributed by atoms with Gasteiger partial charge in [-0.25, -0.2) is 0 Å². The van der Waals surface area contributed by atoms with Crippen molar-refractivity contribution < 1.29 is 19.8 Å². The maximum atomic E-state index is 13.4. The predicted molar refractivity (Wildman–Crippen MR) is 154 cm³/mol. The van der Waals surface area contributed by atoms with Gasteiger partial charge in [0.05, 0.1) is 12.7 Å².